The topological polar surface area (TPSA) is 41.1 Å². The number of carbonyl (C=O) groups is 1. The molecule has 2 unspecified atom stereocenters. The third-order valence-electron chi connectivity index (χ3n) is 4.09. The Labute approximate surface area is 98.4 Å². The Morgan fingerprint density at radius 3 is 2.62 bits per heavy atom. The average molecular weight is 224 g/mol. The van der Waals surface area contributed by atoms with E-state index in [4.69, 9.17) is 0 Å². The van der Waals surface area contributed by atoms with E-state index >= 15 is 0 Å². The first kappa shape index (κ1) is 11.9. The second-order valence-corrected chi connectivity index (χ2v) is 5.42. The van der Waals surface area contributed by atoms with Gasteiger partial charge >= 0.3 is 0 Å². The van der Waals surface area contributed by atoms with Gasteiger partial charge in [0.1, 0.15) is 0 Å². The summed E-state index contributed by atoms with van der Waals surface area (Å²) in [4.78, 5) is 12.1. The maximum Gasteiger partial charge on any atom is 0.223 e. The molecule has 0 aromatic rings. The molecule has 1 heterocycles. The van der Waals surface area contributed by atoms with Gasteiger partial charge in [-0.25, -0.2) is 0 Å². The zero-order valence-electron chi connectivity index (χ0n) is 10.3. The molecule has 0 radical (unpaired) electrons. The van der Waals surface area contributed by atoms with Gasteiger partial charge in [-0.1, -0.05) is 26.2 Å². The Kier molecular flexibility index (Phi) is 4.22. The van der Waals surface area contributed by atoms with Gasteiger partial charge in [0.2, 0.25) is 5.91 Å². The van der Waals surface area contributed by atoms with Gasteiger partial charge in [-0.05, 0) is 38.3 Å². The smallest absolute Gasteiger partial charge is 0.223 e. The van der Waals surface area contributed by atoms with Crippen molar-refractivity contribution in [2.75, 3.05) is 13.1 Å². The molecule has 2 rings (SSSR count). The van der Waals surface area contributed by atoms with Crippen molar-refractivity contribution in [2.45, 2.75) is 51.5 Å². The first-order valence-corrected chi connectivity index (χ1v) is 6.78. The predicted molar refractivity (Wildman–Crippen MR) is 65.2 cm³/mol. The van der Waals surface area contributed by atoms with Crippen LogP contribution < -0.4 is 10.6 Å². The lowest BCUT2D eigenvalue weighted by atomic mass is 9.87. The second-order valence-electron chi connectivity index (χ2n) is 5.42. The van der Waals surface area contributed by atoms with E-state index in [1.165, 1.54) is 19.3 Å². The van der Waals surface area contributed by atoms with Crippen molar-refractivity contribution in [3.8, 4) is 0 Å². The summed E-state index contributed by atoms with van der Waals surface area (Å²) in [7, 11) is 0. The number of carbonyl (C=O) groups excluding carboxylic acids is 1. The van der Waals surface area contributed by atoms with Crippen molar-refractivity contribution in [3.63, 3.8) is 0 Å². The van der Waals surface area contributed by atoms with Crippen molar-refractivity contribution in [1.29, 1.82) is 0 Å². The highest BCUT2D eigenvalue weighted by molar-refractivity contribution is 5.79. The number of nitrogens with one attached hydrogen (secondary N) is 2. The first-order chi connectivity index (χ1) is 7.77. The van der Waals surface area contributed by atoms with Crippen LogP contribution in [0.1, 0.15) is 45.4 Å². The van der Waals surface area contributed by atoms with Gasteiger partial charge in [-0.15, -0.1) is 0 Å². The summed E-state index contributed by atoms with van der Waals surface area (Å²) in [6.07, 6.45) is 7.07. The Balaban J connectivity index is 1.80. The zero-order valence-corrected chi connectivity index (χ0v) is 10.3. The molecule has 0 aromatic heterocycles. The molecule has 2 atom stereocenters. The molecule has 1 aliphatic carbocycles. The van der Waals surface area contributed by atoms with Crippen LogP contribution in [0.4, 0.5) is 0 Å². The predicted octanol–water partition coefficient (Wildman–Crippen LogP) is 1.68. The SMILES string of the molecule is CC1CNCCC1NC(=O)C1CCCCC1. The van der Waals surface area contributed by atoms with Crippen molar-refractivity contribution >= 4 is 5.91 Å². The molecular formula is C13H24N2O. The van der Waals surface area contributed by atoms with Gasteiger partial charge in [0, 0.05) is 12.0 Å². The lowest BCUT2D eigenvalue weighted by molar-refractivity contribution is -0.127. The standard InChI is InChI=1S/C13H24N2O/c1-10-9-14-8-7-12(10)15-13(16)11-5-3-2-4-6-11/h10-12,14H,2-9H2,1H3,(H,15,16). The van der Waals surface area contributed by atoms with E-state index in [1.807, 2.05) is 0 Å². The Hall–Kier alpha value is -0.570. The highest BCUT2D eigenvalue weighted by Gasteiger charge is 2.27. The van der Waals surface area contributed by atoms with Crippen molar-refractivity contribution in [2.24, 2.45) is 11.8 Å². The largest absolute Gasteiger partial charge is 0.353 e. The number of hydrogen-bond acceptors (Lipinski definition) is 2. The number of hydrogen-bond donors (Lipinski definition) is 2. The molecule has 1 aliphatic heterocycles. The van der Waals surface area contributed by atoms with Gasteiger partial charge in [-0.3, -0.25) is 4.79 Å². The van der Waals surface area contributed by atoms with Crippen molar-refractivity contribution in [3.05, 3.63) is 0 Å². The Morgan fingerprint density at radius 1 is 1.19 bits per heavy atom. The highest BCUT2D eigenvalue weighted by atomic mass is 16.1. The van der Waals surface area contributed by atoms with Gasteiger partial charge in [-0.2, -0.15) is 0 Å². The van der Waals surface area contributed by atoms with Crippen molar-refractivity contribution in [1.82, 2.24) is 10.6 Å². The number of rotatable bonds is 2. The fourth-order valence-electron chi connectivity index (χ4n) is 2.89. The van der Waals surface area contributed by atoms with Crippen LogP contribution in [0.5, 0.6) is 0 Å². The van der Waals surface area contributed by atoms with E-state index in [9.17, 15) is 4.79 Å². The lowest BCUT2D eigenvalue weighted by Gasteiger charge is -2.32. The minimum Gasteiger partial charge on any atom is -0.353 e. The Bertz CT molecular complexity index is 236. The summed E-state index contributed by atoms with van der Waals surface area (Å²) < 4.78 is 0. The molecular weight excluding hydrogens is 200 g/mol. The molecule has 1 saturated carbocycles. The van der Waals surface area contributed by atoms with Gasteiger partial charge in [0.15, 0.2) is 0 Å². The molecule has 92 valence electrons. The third kappa shape index (κ3) is 2.97. The second kappa shape index (κ2) is 5.67. The summed E-state index contributed by atoms with van der Waals surface area (Å²) in [5, 5.41) is 6.63. The van der Waals surface area contributed by atoms with Crippen LogP contribution in [0.25, 0.3) is 0 Å². The van der Waals surface area contributed by atoms with Crippen LogP contribution in [0.15, 0.2) is 0 Å². The molecule has 3 heteroatoms. The third-order valence-corrected chi connectivity index (χ3v) is 4.09. The molecule has 0 spiro atoms. The minimum absolute atomic E-state index is 0.302. The lowest BCUT2D eigenvalue weighted by Crippen LogP contribution is -2.50. The summed E-state index contributed by atoms with van der Waals surface area (Å²) in [6.45, 7) is 4.30. The maximum atomic E-state index is 12.1. The molecule has 3 nitrogen and oxygen atoms in total. The van der Waals surface area contributed by atoms with Gasteiger partial charge < -0.3 is 10.6 Å². The molecule has 1 amide bonds. The van der Waals surface area contributed by atoms with Gasteiger partial charge in [0.25, 0.3) is 0 Å². The summed E-state index contributed by atoms with van der Waals surface area (Å²) in [5.41, 5.74) is 0. The number of piperidine rings is 1. The Morgan fingerprint density at radius 2 is 1.94 bits per heavy atom. The average Bonchev–Trinajstić information content (AvgIpc) is 2.33. The monoisotopic (exact) mass is 224 g/mol. The van der Waals surface area contributed by atoms with Crippen LogP contribution in [0.3, 0.4) is 0 Å². The highest BCUT2D eigenvalue weighted by Crippen LogP contribution is 2.24. The molecule has 2 fully saturated rings. The van der Waals surface area contributed by atoms with E-state index in [-0.39, 0.29) is 0 Å². The van der Waals surface area contributed by atoms with E-state index in [0.717, 1.165) is 32.4 Å². The molecule has 0 bridgehead atoms. The summed E-state index contributed by atoms with van der Waals surface area (Å²) in [6, 6.07) is 0.399. The van der Waals surface area contributed by atoms with E-state index < -0.39 is 0 Å². The zero-order chi connectivity index (χ0) is 11.4. The van der Waals surface area contributed by atoms with Crippen LogP contribution >= 0.6 is 0 Å². The quantitative estimate of drug-likeness (QED) is 0.749. The first-order valence-electron chi connectivity index (χ1n) is 6.78. The van der Waals surface area contributed by atoms with E-state index in [0.29, 0.717) is 23.8 Å². The number of amides is 1. The molecule has 2 N–H and O–H groups in total. The molecule has 16 heavy (non-hydrogen) atoms. The van der Waals surface area contributed by atoms with Crippen LogP contribution in [0, 0.1) is 11.8 Å². The minimum atomic E-state index is 0.302. The fraction of sp³-hybridized carbons (Fsp3) is 0.923. The van der Waals surface area contributed by atoms with Crippen LogP contribution in [0.2, 0.25) is 0 Å². The summed E-state index contributed by atoms with van der Waals surface area (Å²) in [5.74, 6) is 1.19. The summed E-state index contributed by atoms with van der Waals surface area (Å²) >= 11 is 0. The van der Waals surface area contributed by atoms with E-state index in [1.54, 1.807) is 0 Å². The van der Waals surface area contributed by atoms with Crippen molar-refractivity contribution < 1.29 is 4.79 Å². The van der Waals surface area contributed by atoms with Crippen LogP contribution in [-0.4, -0.2) is 25.0 Å². The molecule has 1 saturated heterocycles. The fourth-order valence-corrected chi connectivity index (χ4v) is 2.89. The maximum absolute atomic E-state index is 12.1. The normalized spacial score (nSPS) is 32.3. The van der Waals surface area contributed by atoms with E-state index in [2.05, 4.69) is 17.6 Å². The molecule has 0 aromatic carbocycles. The molecule has 2 aliphatic rings. The van der Waals surface area contributed by atoms with Crippen LogP contribution in [-0.2, 0) is 4.79 Å². The van der Waals surface area contributed by atoms with Gasteiger partial charge in [0.05, 0.1) is 0 Å².